The summed E-state index contributed by atoms with van der Waals surface area (Å²) in [7, 11) is 0. The van der Waals surface area contributed by atoms with Gasteiger partial charge in [0.1, 0.15) is 0 Å². The van der Waals surface area contributed by atoms with E-state index in [0.717, 1.165) is 13.1 Å². The normalized spacial score (nSPS) is 16.4. The number of benzene rings is 1. The van der Waals surface area contributed by atoms with E-state index in [4.69, 9.17) is 0 Å². The minimum absolute atomic E-state index is 0.285. The first kappa shape index (κ1) is 11.4. The van der Waals surface area contributed by atoms with E-state index in [2.05, 4.69) is 28.8 Å². The second-order valence-electron chi connectivity index (χ2n) is 4.46. The summed E-state index contributed by atoms with van der Waals surface area (Å²) in [6.45, 7) is 4.33. The molecule has 1 aliphatic heterocycles. The Morgan fingerprint density at radius 3 is 3.19 bits per heavy atom. The fourth-order valence-electron chi connectivity index (χ4n) is 2.14. The van der Waals surface area contributed by atoms with Gasteiger partial charge in [0.05, 0.1) is 6.10 Å². The van der Waals surface area contributed by atoms with E-state index in [-0.39, 0.29) is 6.10 Å². The zero-order valence-electron chi connectivity index (χ0n) is 9.79. The number of aryl methyl sites for hydroxylation is 1. The quantitative estimate of drug-likeness (QED) is 0.721. The van der Waals surface area contributed by atoms with Gasteiger partial charge >= 0.3 is 0 Å². The van der Waals surface area contributed by atoms with Crippen molar-refractivity contribution in [3.8, 4) is 0 Å². The maximum Gasteiger partial charge on any atom is 0.0636 e. The summed E-state index contributed by atoms with van der Waals surface area (Å²) in [5.41, 5.74) is 4.02. The van der Waals surface area contributed by atoms with Crippen LogP contribution in [0.1, 0.15) is 24.5 Å². The Kier molecular flexibility index (Phi) is 3.80. The van der Waals surface area contributed by atoms with Gasteiger partial charge in [-0.2, -0.15) is 0 Å². The molecule has 0 fully saturated rings. The standard InChI is InChI=1S/C13H20N2O/c1-10(16)8-14-9-12-5-2-4-11-6-3-7-15-13(11)12/h2,4-5,10,14-16H,3,6-9H2,1H3. The lowest BCUT2D eigenvalue weighted by Gasteiger charge is -2.21. The summed E-state index contributed by atoms with van der Waals surface area (Å²) in [5.74, 6) is 0. The molecule has 1 aromatic rings. The van der Waals surface area contributed by atoms with Crippen LogP contribution in [0.15, 0.2) is 18.2 Å². The number of hydrogen-bond donors (Lipinski definition) is 3. The Morgan fingerprint density at radius 2 is 2.38 bits per heavy atom. The fraction of sp³-hybridized carbons (Fsp3) is 0.538. The van der Waals surface area contributed by atoms with E-state index in [9.17, 15) is 5.11 Å². The summed E-state index contributed by atoms with van der Waals surface area (Å²) in [4.78, 5) is 0. The van der Waals surface area contributed by atoms with Crippen molar-refractivity contribution in [2.24, 2.45) is 0 Å². The molecule has 0 spiro atoms. The Hall–Kier alpha value is -1.06. The molecule has 1 heterocycles. The largest absolute Gasteiger partial charge is 0.392 e. The van der Waals surface area contributed by atoms with Crippen molar-refractivity contribution in [3.05, 3.63) is 29.3 Å². The Bertz CT molecular complexity index is 350. The number of fused-ring (bicyclic) bond motifs is 1. The van der Waals surface area contributed by atoms with Gasteiger partial charge in [-0.3, -0.25) is 0 Å². The molecule has 1 aliphatic rings. The lowest BCUT2D eigenvalue weighted by Crippen LogP contribution is -2.25. The Morgan fingerprint density at radius 1 is 1.50 bits per heavy atom. The number of anilines is 1. The highest BCUT2D eigenvalue weighted by Crippen LogP contribution is 2.25. The van der Waals surface area contributed by atoms with E-state index < -0.39 is 0 Å². The van der Waals surface area contributed by atoms with Crippen molar-refractivity contribution in [2.45, 2.75) is 32.4 Å². The average molecular weight is 220 g/mol. The smallest absolute Gasteiger partial charge is 0.0636 e. The second kappa shape index (κ2) is 5.32. The number of rotatable bonds is 4. The van der Waals surface area contributed by atoms with Gasteiger partial charge in [-0.05, 0) is 30.9 Å². The van der Waals surface area contributed by atoms with Crippen molar-refractivity contribution in [1.29, 1.82) is 0 Å². The van der Waals surface area contributed by atoms with Gasteiger partial charge in [0.25, 0.3) is 0 Å². The van der Waals surface area contributed by atoms with Crippen LogP contribution in [0.25, 0.3) is 0 Å². The van der Waals surface area contributed by atoms with Gasteiger partial charge in [0.2, 0.25) is 0 Å². The van der Waals surface area contributed by atoms with Crippen LogP contribution < -0.4 is 10.6 Å². The predicted octanol–water partition coefficient (Wildman–Crippen LogP) is 1.52. The summed E-state index contributed by atoms with van der Waals surface area (Å²) in [6.07, 6.45) is 2.11. The number of hydrogen-bond acceptors (Lipinski definition) is 3. The number of aliphatic hydroxyl groups excluding tert-OH is 1. The number of aliphatic hydroxyl groups is 1. The number of nitrogens with one attached hydrogen (secondary N) is 2. The molecule has 2 rings (SSSR count). The lowest BCUT2D eigenvalue weighted by atomic mass is 9.99. The molecule has 3 heteroatoms. The van der Waals surface area contributed by atoms with Crippen LogP contribution in [-0.4, -0.2) is 24.3 Å². The van der Waals surface area contributed by atoms with Crippen LogP contribution in [0, 0.1) is 0 Å². The van der Waals surface area contributed by atoms with E-state index >= 15 is 0 Å². The van der Waals surface area contributed by atoms with Crippen molar-refractivity contribution in [3.63, 3.8) is 0 Å². The van der Waals surface area contributed by atoms with Crippen molar-refractivity contribution in [2.75, 3.05) is 18.4 Å². The molecular weight excluding hydrogens is 200 g/mol. The Balaban J connectivity index is 2.03. The molecular formula is C13H20N2O. The molecule has 0 saturated carbocycles. The van der Waals surface area contributed by atoms with Crippen molar-refractivity contribution >= 4 is 5.69 Å². The molecule has 16 heavy (non-hydrogen) atoms. The van der Waals surface area contributed by atoms with Crippen LogP contribution >= 0.6 is 0 Å². The first-order valence-electron chi connectivity index (χ1n) is 6.01. The van der Waals surface area contributed by atoms with Crippen molar-refractivity contribution < 1.29 is 5.11 Å². The summed E-state index contributed by atoms with van der Waals surface area (Å²) >= 11 is 0. The molecule has 1 atom stereocenters. The molecule has 1 aromatic carbocycles. The van der Waals surface area contributed by atoms with Crippen LogP contribution in [-0.2, 0) is 13.0 Å². The topological polar surface area (TPSA) is 44.3 Å². The predicted molar refractivity (Wildman–Crippen MR) is 66.6 cm³/mol. The first-order valence-corrected chi connectivity index (χ1v) is 6.01. The van der Waals surface area contributed by atoms with Crippen LogP contribution in [0.3, 0.4) is 0 Å². The van der Waals surface area contributed by atoms with Gasteiger partial charge in [0, 0.05) is 25.3 Å². The molecule has 3 nitrogen and oxygen atoms in total. The lowest BCUT2D eigenvalue weighted by molar-refractivity contribution is 0.191. The van der Waals surface area contributed by atoms with Crippen LogP contribution in [0.5, 0.6) is 0 Å². The minimum atomic E-state index is -0.285. The van der Waals surface area contributed by atoms with Gasteiger partial charge in [-0.15, -0.1) is 0 Å². The van der Waals surface area contributed by atoms with E-state index in [1.54, 1.807) is 6.92 Å². The molecule has 0 saturated heterocycles. The maximum atomic E-state index is 9.19. The summed E-state index contributed by atoms with van der Waals surface area (Å²) in [6, 6.07) is 6.46. The SMILES string of the molecule is CC(O)CNCc1cccc2c1NCCC2. The van der Waals surface area contributed by atoms with Gasteiger partial charge in [-0.1, -0.05) is 18.2 Å². The number of para-hydroxylation sites is 1. The van der Waals surface area contributed by atoms with Crippen LogP contribution in [0.2, 0.25) is 0 Å². The third kappa shape index (κ3) is 2.74. The highest BCUT2D eigenvalue weighted by Gasteiger charge is 2.11. The average Bonchev–Trinajstić information content (AvgIpc) is 2.29. The maximum absolute atomic E-state index is 9.19. The molecule has 0 amide bonds. The van der Waals surface area contributed by atoms with Crippen molar-refractivity contribution in [1.82, 2.24) is 5.32 Å². The Labute approximate surface area is 96.9 Å². The van der Waals surface area contributed by atoms with E-state index in [1.807, 2.05) is 0 Å². The fourth-order valence-corrected chi connectivity index (χ4v) is 2.14. The summed E-state index contributed by atoms with van der Waals surface area (Å²) < 4.78 is 0. The molecule has 3 N–H and O–H groups in total. The molecule has 1 unspecified atom stereocenters. The van der Waals surface area contributed by atoms with E-state index in [1.165, 1.54) is 29.7 Å². The van der Waals surface area contributed by atoms with E-state index in [0.29, 0.717) is 6.54 Å². The zero-order chi connectivity index (χ0) is 11.4. The minimum Gasteiger partial charge on any atom is -0.392 e. The summed E-state index contributed by atoms with van der Waals surface area (Å²) in [5, 5.41) is 15.9. The highest BCUT2D eigenvalue weighted by atomic mass is 16.3. The van der Waals surface area contributed by atoms with Crippen LogP contribution in [0.4, 0.5) is 5.69 Å². The molecule has 0 aromatic heterocycles. The third-order valence-corrected chi connectivity index (χ3v) is 2.92. The monoisotopic (exact) mass is 220 g/mol. The molecule has 0 bridgehead atoms. The second-order valence-corrected chi connectivity index (χ2v) is 4.46. The molecule has 88 valence electrons. The third-order valence-electron chi connectivity index (χ3n) is 2.92. The zero-order valence-corrected chi connectivity index (χ0v) is 9.79. The van der Waals surface area contributed by atoms with Gasteiger partial charge in [-0.25, -0.2) is 0 Å². The molecule has 0 aliphatic carbocycles. The van der Waals surface area contributed by atoms with Gasteiger partial charge in [0.15, 0.2) is 0 Å². The first-order chi connectivity index (χ1) is 7.77. The molecule has 0 radical (unpaired) electrons. The highest BCUT2D eigenvalue weighted by molar-refractivity contribution is 5.59. The van der Waals surface area contributed by atoms with Gasteiger partial charge < -0.3 is 15.7 Å².